The van der Waals surface area contributed by atoms with E-state index in [1.54, 1.807) is 42.5 Å². The lowest BCUT2D eigenvalue weighted by atomic mass is 9.87. The summed E-state index contributed by atoms with van der Waals surface area (Å²) >= 11 is 0. The van der Waals surface area contributed by atoms with E-state index in [-0.39, 0.29) is 16.8 Å². The van der Waals surface area contributed by atoms with Crippen molar-refractivity contribution in [1.29, 1.82) is 0 Å². The van der Waals surface area contributed by atoms with Crippen LogP contribution in [0.5, 0.6) is 5.88 Å². The molecule has 2 aromatic carbocycles. The molecule has 0 bridgehead atoms. The van der Waals surface area contributed by atoms with Crippen LogP contribution in [0, 0.1) is 0 Å². The molecule has 2 amide bonds. The smallest absolute Gasteiger partial charge is 0.275 e. The van der Waals surface area contributed by atoms with Crippen LogP contribution in [-0.2, 0) is 15.2 Å². The maximum atomic E-state index is 13.2. The summed E-state index contributed by atoms with van der Waals surface area (Å²) in [6.45, 7) is 2.49. The largest absolute Gasteiger partial charge is 0.494 e. The van der Waals surface area contributed by atoms with Gasteiger partial charge in [0.1, 0.15) is 0 Å². The van der Waals surface area contributed by atoms with E-state index in [0.29, 0.717) is 10.9 Å². The van der Waals surface area contributed by atoms with E-state index in [1.165, 1.54) is 19.9 Å². The minimum atomic E-state index is -2.30. The van der Waals surface area contributed by atoms with Crippen LogP contribution in [0.25, 0.3) is 10.9 Å². The molecule has 0 fully saturated rings. The van der Waals surface area contributed by atoms with E-state index in [4.69, 9.17) is 0 Å². The van der Waals surface area contributed by atoms with Crippen molar-refractivity contribution in [2.24, 2.45) is 0 Å². The molecule has 7 heteroatoms. The number of hydrogen-bond acceptors (Lipinski definition) is 5. The van der Waals surface area contributed by atoms with E-state index in [1.807, 2.05) is 0 Å². The van der Waals surface area contributed by atoms with Crippen LogP contribution in [0.1, 0.15) is 29.8 Å². The Balaban J connectivity index is 2.13. The van der Waals surface area contributed by atoms with Crippen molar-refractivity contribution in [3.8, 4) is 5.88 Å². The predicted molar refractivity (Wildman–Crippen MR) is 97.5 cm³/mol. The van der Waals surface area contributed by atoms with Crippen LogP contribution in [0.3, 0.4) is 0 Å². The van der Waals surface area contributed by atoms with Gasteiger partial charge in [-0.1, -0.05) is 36.4 Å². The highest BCUT2D eigenvalue weighted by Crippen LogP contribution is 2.50. The molecule has 136 valence electrons. The minimum absolute atomic E-state index is 0.116. The van der Waals surface area contributed by atoms with Crippen LogP contribution in [0.2, 0.25) is 0 Å². The molecule has 1 atom stereocenters. The van der Waals surface area contributed by atoms with Gasteiger partial charge in [0.25, 0.3) is 5.91 Å². The SMILES string of the molecule is CC(=O)N1C(=O)C(O)(c2c(O)n(C(C)=O)c3ccccc23)c2ccccc21. The summed E-state index contributed by atoms with van der Waals surface area (Å²) in [7, 11) is 0. The summed E-state index contributed by atoms with van der Waals surface area (Å²) in [4.78, 5) is 38.2. The summed E-state index contributed by atoms with van der Waals surface area (Å²) in [6, 6.07) is 12.9. The zero-order valence-electron chi connectivity index (χ0n) is 14.6. The highest BCUT2D eigenvalue weighted by molar-refractivity contribution is 6.24. The lowest BCUT2D eigenvalue weighted by molar-refractivity contribution is -0.135. The first-order valence-corrected chi connectivity index (χ1v) is 8.31. The van der Waals surface area contributed by atoms with E-state index in [9.17, 15) is 24.6 Å². The Morgan fingerprint density at radius 1 is 0.963 bits per heavy atom. The van der Waals surface area contributed by atoms with Gasteiger partial charge in [0.15, 0.2) is 0 Å². The Bertz CT molecular complexity index is 1150. The lowest BCUT2D eigenvalue weighted by Crippen LogP contribution is -2.43. The molecule has 27 heavy (non-hydrogen) atoms. The molecule has 1 unspecified atom stereocenters. The van der Waals surface area contributed by atoms with Crippen molar-refractivity contribution in [2.75, 3.05) is 4.90 Å². The Labute approximate surface area is 154 Å². The number of anilines is 1. The average Bonchev–Trinajstić information content (AvgIpc) is 3.04. The summed E-state index contributed by atoms with van der Waals surface area (Å²) in [5, 5.41) is 22.7. The molecule has 0 spiro atoms. The third-order valence-electron chi connectivity index (χ3n) is 4.89. The Hall–Kier alpha value is -3.45. The highest BCUT2D eigenvalue weighted by Gasteiger charge is 2.55. The second kappa shape index (κ2) is 5.52. The fourth-order valence-corrected chi connectivity index (χ4v) is 3.82. The van der Waals surface area contributed by atoms with Crippen molar-refractivity contribution >= 4 is 34.3 Å². The van der Waals surface area contributed by atoms with Gasteiger partial charge >= 0.3 is 0 Å². The number of aromatic nitrogens is 1. The number of benzene rings is 2. The molecular formula is C20H16N2O5. The van der Waals surface area contributed by atoms with Crippen LogP contribution < -0.4 is 4.90 Å². The summed E-state index contributed by atoms with van der Waals surface area (Å²) in [5.74, 6) is -2.45. The molecule has 2 heterocycles. The maximum Gasteiger partial charge on any atom is 0.275 e. The van der Waals surface area contributed by atoms with Crippen LogP contribution in [-0.4, -0.2) is 32.5 Å². The van der Waals surface area contributed by atoms with E-state index < -0.39 is 29.2 Å². The molecule has 3 aromatic rings. The van der Waals surface area contributed by atoms with E-state index >= 15 is 0 Å². The van der Waals surface area contributed by atoms with Crippen molar-refractivity contribution in [3.05, 3.63) is 59.7 Å². The molecule has 0 saturated heterocycles. The molecule has 0 saturated carbocycles. The van der Waals surface area contributed by atoms with Gasteiger partial charge in [0, 0.05) is 24.8 Å². The van der Waals surface area contributed by atoms with E-state index in [2.05, 4.69) is 0 Å². The Morgan fingerprint density at radius 2 is 1.59 bits per heavy atom. The number of hydrogen-bond donors (Lipinski definition) is 2. The third kappa shape index (κ3) is 2.03. The monoisotopic (exact) mass is 364 g/mol. The van der Waals surface area contributed by atoms with Gasteiger partial charge in [0.05, 0.1) is 16.8 Å². The second-order valence-electron chi connectivity index (χ2n) is 6.46. The molecule has 0 radical (unpaired) electrons. The van der Waals surface area contributed by atoms with Gasteiger partial charge in [-0.3, -0.25) is 19.0 Å². The molecule has 1 aliphatic rings. The molecule has 0 aliphatic carbocycles. The molecule has 2 N–H and O–H groups in total. The van der Waals surface area contributed by atoms with Crippen LogP contribution in [0.15, 0.2) is 48.5 Å². The molecular weight excluding hydrogens is 348 g/mol. The van der Waals surface area contributed by atoms with Gasteiger partial charge in [-0.05, 0) is 12.1 Å². The standard InChI is InChI=1S/C20H16N2O5/c1-11(23)21-15-9-5-3-7-13(15)17(18(21)25)20(27)14-8-4-6-10-16(14)22(12(2)24)19(20)26/h3-10,25,27H,1-2H3. The quantitative estimate of drug-likeness (QED) is 0.689. The fourth-order valence-electron chi connectivity index (χ4n) is 3.82. The third-order valence-corrected chi connectivity index (χ3v) is 4.89. The van der Waals surface area contributed by atoms with E-state index in [0.717, 1.165) is 9.47 Å². The first-order valence-electron chi connectivity index (χ1n) is 8.31. The summed E-state index contributed by atoms with van der Waals surface area (Å²) in [5.41, 5.74) is -1.64. The average molecular weight is 364 g/mol. The zero-order chi connectivity index (χ0) is 19.5. The van der Waals surface area contributed by atoms with Crippen LogP contribution >= 0.6 is 0 Å². The van der Waals surface area contributed by atoms with Gasteiger partial charge in [-0.25, -0.2) is 4.90 Å². The number of aliphatic hydroxyl groups is 1. The van der Waals surface area contributed by atoms with Gasteiger partial charge in [-0.15, -0.1) is 0 Å². The maximum absolute atomic E-state index is 13.2. The number of amides is 2. The van der Waals surface area contributed by atoms with Gasteiger partial charge < -0.3 is 10.2 Å². The van der Waals surface area contributed by atoms with Crippen molar-refractivity contribution in [1.82, 2.24) is 4.57 Å². The number of imide groups is 1. The minimum Gasteiger partial charge on any atom is -0.494 e. The Morgan fingerprint density at radius 3 is 2.26 bits per heavy atom. The van der Waals surface area contributed by atoms with Crippen molar-refractivity contribution in [2.45, 2.75) is 19.4 Å². The second-order valence-corrected chi connectivity index (χ2v) is 6.46. The summed E-state index contributed by atoms with van der Waals surface area (Å²) in [6.07, 6.45) is 0. The van der Waals surface area contributed by atoms with Crippen molar-refractivity contribution < 1.29 is 24.6 Å². The number of aromatic hydroxyl groups is 1. The molecule has 1 aliphatic heterocycles. The first kappa shape index (κ1) is 17.0. The fraction of sp³-hybridized carbons (Fsp3) is 0.150. The number of carbonyl (C=O) groups is 3. The molecule has 7 nitrogen and oxygen atoms in total. The number of rotatable bonds is 1. The van der Waals surface area contributed by atoms with Crippen LogP contribution in [0.4, 0.5) is 5.69 Å². The van der Waals surface area contributed by atoms with Gasteiger partial charge in [0.2, 0.25) is 23.3 Å². The predicted octanol–water partition coefficient (Wildman–Crippen LogP) is 2.14. The Kier molecular flexibility index (Phi) is 3.47. The number of carbonyl (C=O) groups excluding carboxylic acids is 3. The molecule has 1 aromatic heterocycles. The first-order chi connectivity index (χ1) is 12.8. The molecule has 4 rings (SSSR count). The number of fused-ring (bicyclic) bond motifs is 2. The summed E-state index contributed by atoms with van der Waals surface area (Å²) < 4.78 is 1.04. The number of para-hydroxylation sites is 2. The lowest BCUT2D eigenvalue weighted by Gasteiger charge is -2.22. The van der Waals surface area contributed by atoms with Gasteiger partial charge in [-0.2, -0.15) is 0 Å². The van der Waals surface area contributed by atoms with Crippen molar-refractivity contribution in [3.63, 3.8) is 0 Å². The zero-order valence-corrected chi connectivity index (χ0v) is 14.6. The normalized spacial score (nSPS) is 18.8. The number of nitrogens with zero attached hydrogens (tertiary/aromatic N) is 2. The topological polar surface area (TPSA) is 99.8 Å². The highest BCUT2D eigenvalue weighted by atomic mass is 16.3.